The van der Waals surface area contributed by atoms with Crippen LogP contribution in [0.1, 0.15) is 41.5 Å². The lowest BCUT2D eigenvalue weighted by molar-refractivity contribution is -0.148. The van der Waals surface area contributed by atoms with Gasteiger partial charge in [0.15, 0.2) is 0 Å². The Bertz CT molecular complexity index is 278. The van der Waals surface area contributed by atoms with Crippen LogP contribution in [0, 0.1) is 0 Å². The molecule has 0 heterocycles. The van der Waals surface area contributed by atoms with Crippen molar-refractivity contribution in [2.24, 2.45) is 0 Å². The maximum Gasteiger partial charge on any atom is 0.219 e. The molecule has 1 saturated carbocycles. The maximum absolute atomic E-state index is 11.5. The largest absolute Gasteiger partial charge is 0.301 e. The zero-order valence-corrected chi connectivity index (χ0v) is 11.0. The maximum atomic E-state index is 11.5. The fraction of sp³-hybridized carbons (Fsp3) is 0.833. The molecule has 0 amide bonds. The third-order valence-corrected chi connectivity index (χ3v) is 2.32. The van der Waals surface area contributed by atoms with E-state index in [1.54, 1.807) is 0 Å². The first-order valence-electron chi connectivity index (χ1n) is 5.65. The van der Waals surface area contributed by atoms with Gasteiger partial charge in [-0.2, -0.15) is 0 Å². The Morgan fingerprint density at radius 3 is 1.19 bits per heavy atom. The highest BCUT2D eigenvalue weighted by Crippen LogP contribution is 2.18. The van der Waals surface area contributed by atoms with Gasteiger partial charge in [0.05, 0.1) is 12.1 Å². The van der Waals surface area contributed by atoms with Crippen LogP contribution in [-0.4, -0.2) is 34.7 Å². The van der Waals surface area contributed by atoms with Gasteiger partial charge in [-0.05, 0) is 41.5 Å². The van der Waals surface area contributed by atoms with E-state index in [0.29, 0.717) is 0 Å². The quantitative estimate of drug-likeness (QED) is 0.679. The van der Waals surface area contributed by atoms with Crippen molar-refractivity contribution in [2.75, 3.05) is 0 Å². The third kappa shape index (κ3) is 3.12. The van der Waals surface area contributed by atoms with Crippen LogP contribution in [0.25, 0.3) is 0 Å². The minimum Gasteiger partial charge on any atom is -0.301 e. The van der Waals surface area contributed by atoms with Gasteiger partial charge in [0.25, 0.3) is 0 Å². The van der Waals surface area contributed by atoms with Crippen LogP contribution in [0.2, 0.25) is 0 Å². The molecule has 0 saturated heterocycles. The first kappa shape index (κ1) is 13.3. The van der Waals surface area contributed by atoms with E-state index in [9.17, 15) is 9.59 Å². The van der Waals surface area contributed by atoms with E-state index in [1.165, 1.54) is 0 Å². The number of Topliss-reactive ketones (excluding diaryl/α,β-unsaturated/α-hetero) is 2. The molecule has 4 nitrogen and oxygen atoms in total. The number of hydrogen-bond acceptors (Lipinski definition) is 4. The predicted molar refractivity (Wildman–Crippen MR) is 63.4 cm³/mol. The summed E-state index contributed by atoms with van der Waals surface area (Å²) in [6.45, 7) is 11.9. The summed E-state index contributed by atoms with van der Waals surface area (Å²) in [7, 11) is 0. The number of nitrogens with one attached hydrogen (secondary N) is 2. The summed E-state index contributed by atoms with van der Waals surface area (Å²) in [5, 5.41) is 6.35. The van der Waals surface area contributed by atoms with Crippen molar-refractivity contribution in [3.05, 3.63) is 0 Å². The molecule has 0 bridgehead atoms. The normalized spacial score (nSPS) is 26.9. The molecule has 2 N–H and O–H groups in total. The van der Waals surface area contributed by atoms with E-state index in [1.807, 2.05) is 41.5 Å². The van der Waals surface area contributed by atoms with Crippen molar-refractivity contribution in [2.45, 2.75) is 64.7 Å². The van der Waals surface area contributed by atoms with Crippen molar-refractivity contribution in [3.8, 4) is 0 Å². The van der Waals surface area contributed by atoms with Crippen molar-refractivity contribution >= 4 is 11.6 Å². The van der Waals surface area contributed by atoms with Gasteiger partial charge in [-0.1, -0.05) is 0 Å². The van der Waals surface area contributed by atoms with Crippen LogP contribution in [0.5, 0.6) is 0 Å². The van der Waals surface area contributed by atoms with Gasteiger partial charge in [-0.3, -0.25) is 9.59 Å². The average molecular weight is 226 g/mol. The molecule has 2 atom stereocenters. The number of hydrogen-bond donors (Lipinski definition) is 2. The van der Waals surface area contributed by atoms with Crippen LogP contribution in [0.3, 0.4) is 0 Å². The van der Waals surface area contributed by atoms with E-state index in [2.05, 4.69) is 10.6 Å². The zero-order chi connectivity index (χ0) is 12.7. The molecule has 0 aliphatic heterocycles. The van der Waals surface area contributed by atoms with Crippen LogP contribution < -0.4 is 10.6 Å². The molecule has 16 heavy (non-hydrogen) atoms. The number of carbonyl (C=O) groups is 2. The Hall–Kier alpha value is -0.740. The molecule has 0 aromatic rings. The van der Waals surface area contributed by atoms with Gasteiger partial charge < -0.3 is 10.6 Å². The number of ketones is 2. The SMILES string of the molecule is CC(C)(C)NC1C(=O)C(=O)C1NC(C)(C)C. The van der Waals surface area contributed by atoms with Crippen molar-refractivity contribution in [1.82, 2.24) is 10.6 Å². The Morgan fingerprint density at radius 1 is 0.750 bits per heavy atom. The van der Waals surface area contributed by atoms with Gasteiger partial charge >= 0.3 is 0 Å². The predicted octanol–water partition coefficient (Wildman–Crippen LogP) is 0.652. The van der Waals surface area contributed by atoms with Crippen LogP contribution in [0.15, 0.2) is 0 Å². The minimum atomic E-state index is -0.383. The molecule has 1 aliphatic carbocycles. The molecule has 0 aromatic carbocycles. The molecule has 2 unspecified atom stereocenters. The molecule has 1 aliphatic rings. The summed E-state index contributed by atoms with van der Waals surface area (Å²) in [5.74, 6) is -0.617. The van der Waals surface area contributed by atoms with E-state index in [0.717, 1.165) is 0 Å². The topological polar surface area (TPSA) is 58.2 Å². The smallest absolute Gasteiger partial charge is 0.219 e. The van der Waals surface area contributed by atoms with Gasteiger partial charge in [0.1, 0.15) is 0 Å². The Morgan fingerprint density at radius 2 is 1.00 bits per heavy atom. The molecular weight excluding hydrogens is 204 g/mol. The monoisotopic (exact) mass is 226 g/mol. The highest BCUT2D eigenvalue weighted by molar-refractivity contribution is 6.49. The molecule has 0 radical (unpaired) electrons. The molecule has 0 spiro atoms. The lowest BCUT2D eigenvalue weighted by Crippen LogP contribution is -2.73. The summed E-state index contributed by atoms with van der Waals surface area (Å²) in [6, 6.07) is -0.765. The molecule has 4 heteroatoms. The van der Waals surface area contributed by atoms with Crippen LogP contribution >= 0.6 is 0 Å². The second kappa shape index (κ2) is 3.93. The Balaban J connectivity index is 2.69. The summed E-state index contributed by atoms with van der Waals surface area (Å²) in [4.78, 5) is 23.0. The van der Waals surface area contributed by atoms with Gasteiger partial charge in [-0.25, -0.2) is 0 Å². The number of carbonyl (C=O) groups excluding carboxylic acids is 2. The number of rotatable bonds is 2. The minimum absolute atomic E-state index is 0.168. The lowest BCUT2D eigenvalue weighted by Gasteiger charge is -2.41. The van der Waals surface area contributed by atoms with E-state index < -0.39 is 0 Å². The second-order valence-corrected chi connectivity index (χ2v) is 6.47. The standard InChI is InChI=1S/C12H22N2O2/c1-11(2,3)13-7-8(10(16)9(7)15)14-12(4,5)6/h7-8,13-14H,1-6H3. The van der Waals surface area contributed by atoms with Crippen LogP contribution in [0.4, 0.5) is 0 Å². The fourth-order valence-electron chi connectivity index (χ4n) is 1.74. The third-order valence-electron chi connectivity index (χ3n) is 2.32. The highest BCUT2D eigenvalue weighted by Gasteiger charge is 2.50. The molecule has 92 valence electrons. The van der Waals surface area contributed by atoms with E-state index >= 15 is 0 Å². The highest BCUT2D eigenvalue weighted by atomic mass is 16.2. The zero-order valence-electron chi connectivity index (χ0n) is 11.0. The fourth-order valence-corrected chi connectivity index (χ4v) is 1.74. The summed E-state index contributed by atoms with van der Waals surface area (Å²) in [6.07, 6.45) is 0. The Labute approximate surface area is 97.2 Å². The van der Waals surface area contributed by atoms with Crippen LogP contribution in [-0.2, 0) is 9.59 Å². The lowest BCUT2D eigenvalue weighted by atomic mass is 9.80. The Kier molecular flexibility index (Phi) is 3.27. The van der Waals surface area contributed by atoms with Crippen molar-refractivity contribution in [1.29, 1.82) is 0 Å². The summed E-state index contributed by atoms with van der Waals surface area (Å²) < 4.78 is 0. The molecule has 1 rings (SSSR count). The van der Waals surface area contributed by atoms with E-state index in [-0.39, 0.29) is 34.7 Å². The first-order chi connectivity index (χ1) is 7.01. The summed E-state index contributed by atoms with van der Waals surface area (Å²) in [5.41, 5.74) is -0.336. The first-order valence-corrected chi connectivity index (χ1v) is 5.65. The van der Waals surface area contributed by atoms with Crippen molar-refractivity contribution < 1.29 is 9.59 Å². The molecular formula is C12H22N2O2. The van der Waals surface area contributed by atoms with Gasteiger partial charge in [0.2, 0.25) is 11.6 Å². The summed E-state index contributed by atoms with van der Waals surface area (Å²) >= 11 is 0. The van der Waals surface area contributed by atoms with Crippen molar-refractivity contribution in [3.63, 3.8) is 0 Å². The van der Waals surface area contributed by atoms with Gasteiger partial charge in [-0.15, -0.1) is 0 Å². The molecule has 0 aromatic heterocycles. The second-order valence-electron chi connectivity index (χ2n) is 6.47. The average Bonchev–Trinajstić information content (AvgIpc) is 2.07. The van der Waals surface area contributed by atoms with Gasteiger partial charge in [0, 0.05) is 11.1 Å². The van der Waals surface area contributed by atoms with E-state index in [4.69, 9.17) is 0 Å². The molecule has 1 fully saturated rings.